The third-order valence-corrected chi connectivity index (χ3v) is 3.22. The lowest BCUT2D eigenvalue weighted by Crippen LogP contribution is -2.30. The Kier molecular flexibility index (Phi) is 5.30. The molecular weight excluding hydrogens is 296 g/mol. The van der Waals surface area contributed by atoms with Gasteiger partial charge in [-0.1, -0.05) is 0 Å². The average molecular weight is 316 g/mol. The Labute approximate surface area is 135 Å². The highest BCUT2D eigenvalue weighted by molar-refractivity contribution is 5.95. The van der Waals surface area contributed by atoms with Gasteiger partial charge in [0.05, 0.1) is 19.9 Å². The summed E-state index contributed by atoms with van der Waals surface area (Å²) < 4.78 is 15.9. The van der Waals surface area contributed by atoms with Gasteiger partial charge in [0.1, 0.15) is 17.2 Å². The summed E-state index contributed by atoms with van der Waals surface area (Å²) in [6.45, 7) is 1.67. The summed E-state index contributed by atoms with van der Waals surface area (Å²) in [7, 11) is 3.11. The Hall–Kier alpha value is -2.89. The van der Waals surface area contributed by atoms with E-state index in [9.17, 15) is 4.79 Å². The molecular formula is C17H20N2O4. The number of hydrogen-bond acceptors (Lipinski definition) is 5. The van der Waals surface area contributed by atoms with Crippen LogP contribution in [0.1, 0.15) is 6.92 Å². The summed E-state index contributed by atoms with van der Waals surface area (Å²) in [5.41, 5.74) is 6.77. The first-order chi connectivity index (χ1) is 11.0. The van der Waals surface area contributed by atoms with Crippen LogP contribution in [0, 0.1) is 0 Å². The van der Waals surface area contributed by atoms with Gasteiger partial charge >= 0.3 is 0 Å². The van der Waals surface area contributed by atoms with Crippen molar-refractivity contribution in [2.24, 2.45) is 0 Å². The Bertz CT molecular complexity index is 671. The van der Waals surface area contributed by atoms with E-state index in [4.69, 9.17) is 19.9 Å². The van der Waals surface area contributed by atoms with Gasteiger partial charge in [-0.25, -0.2) is 0 Å². The molecule has 0 saturated carbocycles. The average Bonchev–Trinajstić information content (AvgIpc) is 2.55. The molecule has 0 aliphatic rings. The molecule has 0 heterocycles. The molecule has 1 amide bonds. The Morgan fingerprint density at radius 1 is 1.04 bits per heavy atom. The van der Waals surface area contributed by atoms with Crippen LogP contribution >= 0.6 is 0 Å². The maximum Gasteiger partial charge on any atom is 0.265 e. The minimum Gasteiger partial charge on any atom is -0.497 e. The third-order valence-electron chi connectivity index (χ3n) is 3.22. The number of nitrogens with one attached hydrogen (secondary N) is 1. The number of anilines is 2. The molecule has 23 heavy (non-hydrogen) atoms. The van der Waals surface area contributed by atoms with Crippen molar-refractivity contribution in [3.63, 3.8) is 0 Å². The highest BCUT2D eigenvalue weighted by Crippen LogP contribution is 2.27. The smallest absolute Gasteiger partial charge is 0.265 e. The number of nitrogen functional groups attached to an aromatic ring is 1. The standard InChI is InChI=1S/C17H20N2O4/c1-11(23-14-7-5-13(21-2)6-8-14)17(20)19-15-10-12(18)4-9-16(15)22-3/h4-11H,18H2,1-3H3,(H,19,20)/t11-/m0/s1. The fourth-order valence-electron chi connectivity index (χ4n) is 1.97. The number of ether oxygens (including phenoxy) is 3. The van der Waals surface area contributed by atoms with Crippen LogP contribution in [0.25, 0.3) is 0 Å². The molecule has 6 nitrogen and oxygen atoms in total. The predicted molar refractivity (Wildman–Crippen MR) is 89.1 cm³/mol. The molecule has 2 aromatic rings. The van der Waals surface area contributed by atoms with Gasteiger partial charge in [0.15, 0.2) is 6.10 Å². The predicted octanol–water partition coefficient (Wildman–Crippen LogP) is 2.69. The molecule has 0 aliphatic heterocycles. The fraction of sp³-hybridized carbons (Fsp3) is 0.235. The lowest BCUT2D eigenvalue weighted by Gasteiger charge is -2.16. The zero-order chi connectivity index (χ0) is 16.8. The van der Waals surface area contributed by atoms with E-state index in [1.165, 1.54) is 7.11 Å². The first kappa shape index (κ1) is 16.5. The van der Waals surface area contributed by atoms with Crippen LogP contribution in [0.2, 0.25) is 0 Å². The van der Waals surface area contributed by atoms with Crippen molar-refractivity contribution in [2.45, 2.75) is 13.0 Å². The van der Waals surface area contributed by atoms with Gasteiger partial charge in [-0.3, -0.25) is 4.79 Å². The van der Waals surface area contributed by atoms with Gasteiger partial charge in [0.25, 0.3) is 5.91 Å². The van der Waals surface area contributed by atoms with Crippen LogP contribution in [-0.2, 0) is 4.79 Å². The van der Waals surface area contributed by atoms with E-state index >= 15 is 0 Å². The van der Waals surface area contributed by atoms with E-state index in [0.29, 0.717) is 22.9 Å². The van der Waals surface area contributed by atoms with E-state index in [1.807, 2.05) is 0 Å². The van der Waals surface area contributed by atoms with Crippen molar-refractivity contribution in [3.05, 3.63) is 42.5 Å². The van der Waals surface area contributed by atoms with Crippen LogP contribution in [0.4, 0.5) is 11.4 Å². The first-order valence-electron chi connectivity index (χ1n) is 7.08. The largest absolute Gasteiger partial charge is 0.497 e. The van der Waals surface area contributed by atoms with E-state index in [2.05, 4.69) is 5.32 Å². The van der Waals surface area contributed by atoms with E-state index < -0.39 is 6.10 Å². The summed E-state index contributed by atoms with van der Waals surface area (Å²) in [5.74, 6) is 1.53. The van der Waals surface area contributed by atoms with Gasteiger partial charge in [-0.05, 0) is 49.4 Å². The molecule has 0 saturated heterocycles. The Balaban J connectivity index is 2.03. The number of hydrogen-bond donors (Lipinski definition) is 2. The van der Waals surface area contributed by atoms with Gasteiger partial charge < -0.3 is 25.3 Å². The number of amides is 1. The molecule has 3 N–H and O–H groups in total. The maximum absolute atomic E-state index is 12.3. The zero-order valence-corrected chi connectivity index (χ0v) is 13.3. The summed E-state index contributed by atoms with van der Waals surface area (Å²) in [4.78, 5) is 12.3. The molecule has 1 atom stereocenters. The fourth-order valence-corrected chi connectivity index (χ4v) is 1.97. The minimum atomic E-state index is -0.686. The number of carbonyl (C=O) groups excluding carboxylic acids is 1. The second-order valence-corrected chi connectivity index (χ2v) is 4.88. The molecule has 2 aromatic carbocycles. The summed E-state index contributed by atoms with van der Waals surface area (Å²) in [6, 6.07) is 12.0. The number of carbonyl (C=O) groups is 1. The number of benzene rings is 2. The molecule has 0 aromatic heterocycles. The van der Waals surface area contributed by atoms with E-state index in [1.54, 1.807) is 56.5 Å². The number of methoxy groups -OCH3 is 2. The molecule has 0 bridgehead atoms. The molecule has 122 valence electrons. The van der Waals surface area contributed by atoms with Gasteiger partial charge in [0.2, 0.25) is 0 Å². The van der Waals surface area contributed by atoms with Crippen LogP contribution < -0.4 is 25.3 Å². The quantitative estimate of drug-likeness (QED) is 0.801. The van der Waals surface area contributed by atoms with Crippen molar-refractivity contribution in [1.82, 2.24) is 0 Å². The summed E-state index contributed by atoms with van der Waals surface area (Å²) in [6.07, 6.45) is -0.686. The minimum absolute atomic E-state index is 0.301. The molecule has 0 unspecified atom stereocenters. The maximum atomic E-state index is 12.3. The Morgan fingerprint density at radius 2 is 1.70 bits per heavy atom. The van der Waals surface area contributed by atoms with E-state index in [0.717, 1.165) is 5.75 Å². The number of rotatable bonds is 6. The van der Waals surface area contributed by atoms with Gasteiger partial charge in [0, 0.05) is 5.69 Å². The van der Waals surface area contributed by atoms with Crippen LogP contribution in [0.5, 0.6) is 17.2 Å². The monoisotopic (exact) mass is 316 g/mol. The third kappa shape index (κ3) is 4.29. The van der Waals surface area contributed by atoms with Crippen molar-refractivity contribution in [1.29, 1.82) is 0 Å². The first-order valence-corrected chi connectivity index (χ1v) is 7.08. The Morgan fingerprint density at radius 3 is 2.30 bits per heavy atom. The second kappa shape index (κ2) is 7.40. The summed E-state index contributed by atoms with van der Waals surface area (Å²) >= 11 is 0. The highest BCUT2D eigenvalue weighted by Gasteiger charge is 2.17. The summed E-state index contributed by atoms with van der Waals surface area (Å²) in [5, 5.41) is 2.75. The van der Waals surface area contributed by atoms with Crippen LogP contribution in [0.15, 0.2) is 42.5 Å². The lowest BCUT2D eigenvalue weighted by atomic mass is 10.2. The lowest BCUT2D eigenvalue weighted by molar-refractivity contribution is -0.122. The molecule has 0 radical (unpaired) electrons. The molecule has 6 heteroatoms. The number of nitrogens with two attached hydrogens (primary N) is 1. The SMILES string of the molecule is COc1ccc(O[C@@H](C)C(=O)Nc2cc(N)ccc2OC)cc1. The highest BCUT2D eigenvalue weighted by atomic mass is 16.5. The van der Waals surface area contributed by atoms with Gasteiger partial charge in [-0.2, -0.15) is 0 Å². The van der Waals surface area contributed by atoms with Gasteiger partial charge in [-0.15, -0.1) is 0 Å². The van der Waals surface area contributed by atoms with Crippen LogP contribution in [-0.4, -0.2) is 26.2 Å². The van der Waals surface area contributed by atoms with E-state index in [-0.39, 0.29) is 5.91 Å². The van der Waals surface area contributed by atoms with Crippen molar-refractivity contribution >= 4 is 17.3 Å². The zero-order valence-electron chi connectivity index (χ0n) is 13.3. The van der Waals surface area contributed by atoms with Crippen molar-refractivity contribution in [3.8, 4) is 17.2 Å². The van der Waals surface area contributed by atoms with Crippen LogP contribution in [0.3, 0.4) is 0 Å². The van der Waals surface area contributed by atoms with Crippen molar-refractivity contribution in [2.75, 3.05) is 25.3 Å². The normalized spacial score (nSPS) is 11.4. The molecule has 0 aliphatic carbocycles. The molecule has 0 spiro atoms. The van der Waals surface area contributed by atoms with Crippen molar-refractivity contribution < 1.29 is 19.0 Å². The molecule has 2 rings (SSSR count). The molecule has 0 fully saturated rings. The topological polar surface area (TPSA) is 82.8 Å². The second-order valence-electron chi connectivity index (χ2n) is 4.88.